The van der Waals surface area contributed by atoms with E-state index in [0.29, 0.717) is 30.6 Å². The standard InChI is InChI=1S/C21H27N5O3/c1-5-25(6-2)10-11-28-19(27)14-26-18(13-16(4)23-26)21-22-20(24-29-21)17-9-7-8-15(3)12-17/h7-9,12-13H,5-6,10-11,14H2,1-4H3. The number of carbonyl (C=O) groups is 1. The lowest BCUT2D eigenvalue weighted by Gasteiger charge is -2.17. The Labute approximate surface area is 170 Å². The topological polar surface area (TPSA) is 86.3 Å². The Morgan fingerprint density at radius 1 is 1.21 bits per heavy atom. The number of esters is 1. The minimum Gasteiger partial charge on any atom is -0.463 e. The number of likely N-dealkylation sites (N-methyl/N-ethyl adjacent to an activating group) is 1. The highest BCUT2D eigenvalue weighted by atomic mass is 16.5. The summed E-state index contributed by atoms with van der Waals surface area (Å²) >= 11 is 0. The third kappa shape index (κ3) is 5.29. The Morgan fingerprint density at radius 2 is 2.00 bits per heavy atom. The van der Waals surface area contributed by atoms with Gasteiger partial charge in [-0.05, 0) is 39.1 Å². The van der Waals surface area contributed by atoms with E-state index in [9.17, 15) is 4.79 Å². The quantitative estimate of drug-likeness (QED) is 0.513. The van der Waals surface area contributed by atoms with Gasteiger partial charge in [-0.15, -0.1) is 0 Å². The highest BCUT2D eigenvalue weighted by Crippen LogP contribution is 2.23. The summed E-state index contributed by atoms with van der Waals surface area (Å²) in [6, 6.07) is 9.69. The van der Waals surface area contributed by atoms with Gasteiger partial charge in [-0.25, -0.2) is 4.68 Å². The van der Waals surface area contributed by atoms with Crippen LogP contribution in [0.15, 0.2) is 34.9 Å². The Morgan fingerprint density at radius 3 is 2.72 bits per heavy atom. The minimum absolute atomic E-state index is 0.0103. The number of hydrogen-bond acceptors (Lipinski definition) is 7. The van der Waals surface area contributed by atoms with Crippen LogP contribution in [0.1, 0.15) is 25.1 Å². The Balaban J connectivity index is 1.70. The molecular formula is C21H27N5O3. The first-order valence-electron chi connectivity index (χ1n) is 9.83. The van der Waals surface area contributed by atoms with Gasteiger partial charge in [0.15, 0.2) is 0 Å². The van der Waals surface area contributed by atoms with Crippen LogP contribution in [0, 0.1) is 13.8 Å². The molecule has 29 heavy (non-hydrogen) atoms. The van der Waals surface area contributed by atoms with Crippen molar-refractivity contribution >= 4 is 5.97 Å². The smallest absolute Gasteiger partial charge is 0.327 e. The van der Waals surface area contributed by atoms with Crippen LogP contribution < -0.4 is 0 Å². The molecule has 2 heterocycles. The zero-order valence-corrected chi connectivity index (χ0v) is 17.4. The fourth-order valence-corrected chi connectivity index (χ4v) is 3.06. The van der Waals surface area contributed by atoms with Gasteiger partial charge in [0.1, 0.15) is 18.8 Å². The molecule has 3 rings (SSSR count). The summed E-state index contributed by atoms with van der Waals surface area (Å²) in [7, 11) is 0. The maximum atomic E-state index is 12.3. The van der Waals surface area contributed by atoms with Gasteiger partial charge in [-0.2, -0.15) is 10.1 Å². The van der Waals surface area contributed by atoms with E-state index in [4.69, 9.17) is 9.26 Å². The number of hydrogen-bond donors (Lipinski definition) is 0. The molecule has 0 radical (unpaired) electrons. The summed E-state index contributed by atoms with van der Waals surface area (Å²) in [5.41, 5.74) is 3.33. The second-order valence-electron chi connectivity index (χ2n) is 6.87. The molecule has 0 spiro atoms. The van der Waals surface area contributed by atoms with E-state index < -0.39 is 0 Å². The van der Waals surface area contributed by atoms with Gasteiger partial charge >= 0.3 is 5.97 Å². The largest absolute Gasteiger partial charge is 0.463 e. The number of ether oxygens (including phenoxy) is 1. The summed E-state index contributed by atoms with van der Waals surface area (Å²) in [6.45, 7) is 10.9. The summed E-state index contributed by atoms with van der Waals surface area (Å²) in [5, 5.41) is 8.45. The number of carbonyl (C=O) groups excluding carboxylic acids is 1. The molecule has 3 aromatic rings. The maximum Gasteiger partial charge on any atom is 0.327 e. The highest BCUT2D eigenvalue weighted by Gasteiger charge is 2.18. The monoisotopic (exact) mass is 397 g/mol. The first-order chi connectivity index (χ1) is 14.0. The average Bonchev–Trinajstić information content (AvgIpc) is 3.32. The molecule has 1 aromatic carbocycles. The fraction of sp³-hybridized carbons (Fsp3) is 0.429. The number of benzene rings is 1. The van der Waals surface area contributed by atoms with E-state index in [2.05, 4.69) is 34.0 Å². The second-order valence-corrected chi connectivity index (χ2v) is 6.87. The highest BCUT2D eigenvalue weighted by molar-refractivity contribution is 5.70. The molecule has 0 unspecified atom stereocenters. The first kappa shape index (κ1) is 20.7. The molecule has 154 valence electrons. The predicted molar refractivity (Wildman–Crippen MR) is 109 cm³/mol. The lowest BCUT2D eigenvalue weighted by Crippen LogP contribution is -2.28. The van der Waals surface area contributed by atoms with Crippen LogP contribution in [0.4, 0.5) is 0 Å². The van der Waals surface area contributed by atoms with E-state index in [1.165, 1.54) is 0 Å². The van der Waals surface area contributed by atoms with Crippen molar-refractivity contribution in [3.63, 3.8) is 0 Å². The van der Waals surface area contributed by atoms with Gasteiger partial charge in [0.2, 0.25) is 5.82 Å². The van der Waals surface area contributed by atoms with E-state index in [1.807, 2.05) is 44.2 Å². The van der Waals surface area contributed by atoms with Crippen molar-refractivity contribution in [2.45, 2.75) is 34.2 Å². The molecule has 0 amide bonds. The molecule has 0 bridgehead atoms. The molecule has 0 N–H and O–H groups in total. The van der Waals surface area contributed by atoms with Gasteiger partial charge in [0.05, 0.1) is 5.69 Å². The van der Waals surface area contributed by atoms with E-state index in [1.54, 1.807) is 4.68 Å². The number of aryl methyl sites for hydroxylation is 2. The molecule has 0 saturated carbocycles. The zero-order chi connectivity index (χ0) is 20.8. The van der Waals surface area contributed by atoms with Gasteiger partial charge in [-0.1, -0.05) is 42.8 Å². The third-order valence-electron chi connectivity index (χ3n) is 4.67. The molecule has 0 fully saturated rings. The normalized spacial score (nSPS) is 11.2. The summed E-state index contributed by atoms with van der Waals surface area (Å²) in [5.74, 6) is 0.467. The van der Waals surface area contributed by atoms with Gasteiger partial charge < -0.3 is 14.2 Å². The third-order valence-corrected chi connectivity index (χ3v) is 4.67. The second kappa shape index (κ2) is 9.47. The van der Waals surface area contributed by atoms with Gasteiger partial charge in [0, 0.05) is 12.1 Å². The summed E-state index contributed by atoms with van der Waals surface area (Å²) < 4.78 is 12.3. The van der Waals surface area contributed by atoms with Crippen LogP contribution in [0.3, 0.4) is 0 Å². The number of aromatic nitrogens is 4. The van der Waals surface area contributed by atoms with Crippen molar-refractivity contribution in [1.82, 2.24) is 24.8 Å². The van der Waals surface area contributed by atoms with Crippen LogP contribution in [-0.4, -0.2) is 57.0 Å². The van der Waals surface area contributed by atoms with E-state index >= 15 is 0 Å². The molecule has 0 aliphatic carbocycles. The number of rotatable bonds is 9. The molecule has 2 aromatic heterocycles. The molecule has 0 aliphatic heterocycles. The van der Waals surface area contributed by atoms with Crippen molar-refractivity contribution in [2.24, 2.45) is 0 Å². The lowest BCUT2D eigenvalue weighted by molar-refractivity contribution is -0.144. The molecule has 0 atom stereocenters. The molecule has 0 aliphatic rings. The van der Waals surface area contributed by atoms with Crippen LogP contribution in [0.2, 0.25) is 0 Å². The lowest BCUT2D eigenvalue weighted by atomic mass is 10.1. The Kier molecular flexibility index (Phi) is 6.77. The Bertz CT molecular complexity index is 959. The first-order valence-corrected chi connectivity index (χ1v) is 9.83. The SMILES string of the molecule is CCN(CC)CCOC(=O)Cn1nc(C)cc1-c1nc(-c2cccc(C)c2)no1. The van der Waals surface area contributed by atoms with Crippen LogP contribution >= 0.6 is 0 Å². The van der Waals surface area contributed by atoms with Crippen LogP contribution in [0.25, 0.3) is 23.0 Å². The molecule has 8 nitrogen and oxygen atoms in total. The van der Waals surface area contributed by atoms with E-state index in [0.717, 1.165) is 29.9 Å². The van der Waals surface area contributed by atoms with Gasteiger partial charge in [-0.3, -0.25) is 4.79 Å². The predicted octanol–water partition coefficient (Wildman–Crippen LogP) is 3.10. The van der Waals surface area contributed by atoms with Crippen molar-refractivity contribution in [1.29, 1.82) is 0 Å². The molecule has 0 saturated heterocycles. The van der Waals surface area contributed by atoms with Crippen LogP contribution in [0.5, 0.6) is 0 Å². The van der Waals surface area contributed by atoms with Crippen molar-refractivity contribution in [2.75, 3.05) is 26.2 Å². The van der Waals surface area contributed by atoms with E-state index in [-0.39, 0.29) is 12.5 Å². The maximum absolute atomic E-state index is 12.3. The molecular weight excluding hydrogens is 370 g/mol. The zero-order valence-electron chi connectivity index (χ0n) is 17.4. The minimum atomic E-state index is -0.347. The van der Waals surface area contributed by atoms with Crippen molar-refractivity contribution in [3.8, 4) is 23.0 Å². The Hall–Kier alpha value is -3.00. The molecule has 8 heteroatoms. The van der Waals surface area contributed by atoms with Crippen molar-refractivity contribution in [3.05, 3.63) is 41.6 Å². The van der Waals surface area contributed by atoms with Crippen LogP contribution in [-0.2, 0) is 16.1 Å². The number of nitrogens with zero attached hydrogens (tertiary/aromatic N) is 5. The van der Waals surface area contributed by atoms with Crippen molar-refractivity contribution < 1.29 is 14.1 Å². The summed E-state index contributed by atoms with van der Waals surface area (Å²) in [6.07, 6.45) is 0. The van der Waals surface area contributed by atoms with Gasteiger partial charge in [0.25, 0.3) is 5.89 Å². The average molecular weight is 397 g/mol. The fourth-order valence-electron chi connectivity index (χ4n) is 3.06. The summed E-state index contributed by atoms with van der Waals surface area (Å²) in [4.78, 5) is 18.9.